The number of aromatic amines is 1. The lowest BCUT2D eigenvalue weighted by Crippen LogP contribution is -2.58. The topological polar surface area (TPSA) is 160 Å². The Morgan fingerprint density at radius 2 is 1.83 bits per heavy atom. The molecule has 17 heteroatoms. The summed E-state index contributed by atoms with van der Waals surface area (Å²) < 4.78 is 42.5. The van der Waals surface area contributed by atoms with Gasteiger partial charge in [-0.05, 0) is 74.3 Å². The number of H-pyrrole nitrogens is 1. The van der Waals surface area contributed by atoms with Crippen molar-refractivity contribution >= 4 is 40.3 Å². The number of halogens is 2. The van der Waals surface area contributed by atoms with E-state index in [1.807, 2.05) is 31.2 Å². The number of benzene rings is 2. The molecule has 63 heavy (non-hydrogen) atoms. The maximum absolute atomic E-state index is 14.8. The Morgan fingerprint density at radius 1 is 1.02 bits per heavy atom. The maximum Gasteiger partial charge on any atom is 0.283 e. The lowest BCUT2D eigenvalue weighted by molar-refractivity contribution is -0.136. The van der Waals surface area contributed by atoms with Gasteiger partial charge in [0.2, 0.25) is 17.8 Å². The summed E-state index contributed by atoms with van der Waals surface area (Å²) in [6.07, 6.45) is 7.44. The van der Waals surface area contributed by atoms with Crippen LogP contribution in [0.25, 0.3) is 10.9 Å². The molecule has 9 heterocycles. The summed E-state index contributed by atoms with van der Waals surface area (Å²) in [4.78, 5) is 61.4. The molecule has 11 rings (SSSR count). The van der Waals surface area contributed by atoms with Crippen LogP contribution in [0.1, 0.15) is 77.8 Å². The fourth-order valence-corrected chi connectivity index (χ4v) is 11.6. The van der Waals surface area contributed by atoms with Gasteiger partial charge in [-0.1, -0.05) is 18.2 Å². The van der Waals surface area contributed by atoms with Crippen LogP contribution in [-0.4, -0.2) is 148 Å². The molecule has 5 atom stereocenters. The predicted octanol–water partition coefficient (Wildman–Crippen LogP) is 3.64. The Bertz CT molecular complexity index is 2460. The molecule has 0 radical (unpaired) electrons. The maximum atomic E-state index is 14.8. The summed E-state index contributed by atoms with van der Waals surface area (Å²) in [5, 5.41) is 13.0. The number of hydrogen-bond acceptors (Lipinski definition) is 12. The average Bonchev–Trinajstić information content (AvgIpc) is 3.95. The van der Waals surface area contributed by atoms with Crippen molar-refractivity contribution in [2.24, 2.45) is 5.92 Å². The zero-order valence-electron chi connectivity index (χ0n) is 35.4. The van der Waals surface area contributed by atoms with Crippen LogP contribution in [0.4, 0.5) is 20.4 Å². The first kappa shape index (κ1) is 40.5. The van der Waals surface area contributed by atoms with E-state index in [4.69, 9.17) is 19.4 Å². The predicted molar refractivity (Wildman–Crippen MR) is 228 cm³/mol. The summed E-state index contributed by atoms with van der Waals surface area (Å²) in [5.74, 6) is -2.43. The van der Waals surface area contributed by atoms with Gasteiger partial charge in [-0.2, -0.15) is 0 Å². The van der Waals surface area contributed by atoms with E-state index in [-0.39, 0.29) is 35.9 Å². The molecule has 0 saturated carbocycles. The van der Waals surface area contributed by atoms with Gasteiger partial charge in [0.25, 0.3) is 11.8 Å². The van der Waals surface area contributed by atoms with Crippen LogP contribution in [0.15, 0.2) is 48.8 Å². The van der Waals surface area contributed by atoms with Gasteiger partial charge in [-0.25, -0.2) is 18.7 Å². The molecule has 4 aromatic rings. The van der Waals surface area contributed by atoms with Crippen molar-refractivity contribution in [3.63, 3.8) is 0 Å². The van der Waals surface area contributed by atoms with Gasteiger partial charge in [-0.3, -0.25) is 29.5 Å². The molecule has 7 aliphatic rings. The number of piperidine rings is 2. The largest absolute Gasteiger partial charge is 0.489 e. The van der Waals surface area contributed by atoms with Gasteiger partial charge in [0, 0.05) is 98.4 Å². The van der Waals surface area contributed by atoms with Crippen molar-refractivity contribution in [2.75, 3.05) is 75.4 Å². The molecule has 0 aliphatic carbocycles. The number of carbonyl (C=O) groups excluding carboxylic acids is 3. The lowest BCUT2D eigenvalue weighted by atomic mass is 9.85. The van der Waals surface area contributed by atoms with Crippen LogP contribution >= 0.6 is 0 Å². The Hall–Kier alpha value is -5.23. The van der Waals surface area contributed by atoms with Crippen molar-refractivity contribution in [2.45, 2.75) is 87.7 Å². The first-order valence-electron chi connectivity index (χ1n) is 22.4. The van der Waals surface area contributed by atoms with Crippen LogP contribution in [0.2, 0.25) is 0 Å². The van der Waals surface area contributed by atoms with E-state index in [1.54, 1.807) is 22.2 Å². The van der Waals surface area contributed by atoms with E-state index >= 15 is 0 Å². The van der Waals surface area contributed by atoms with Crippen molar-refractivity contribution in [3.8, 4) is 5.75 Å². The van der Waals surface area contributed by atoms with E-state index in [1.165, 1.54) is 0 Å². The van der Waals surface area contributed by atoms with E-state index < -0.39 is 37.1 Å². The number of imide groups is 1. The zero-order valence-corrected chi connectivity index (χ0v) is 35.4. The van der Waals surface area contributed by atoms with Crippen molar-refractivity contribution in [3.05, 3.63) is 76.7 Å². The molecule has 2 unspecified atom stereocenters. The number of hydrogen-bond donors (Lipinski definition) is 3. The highest BCUT2D eigenvalue weighted by molar-refractivity contribution is 6.06. The quantitative estimate of drug-likeness (QED) is 0.221. The molecular formula is C46H53F2N9O6. The van der Waals surface area contributed by atoms with E-state index in [9.17, 15) is 28.3 Å². The summed E-state index contributed by atoms with van der Waals surface area (Å²) in [6.45, 7) is 6.82. The number of anilines is 2. The number of carbonyl (C=O) groups is 3. The number of aliphatic hydroxyl groups excluding tert-OH is 1. The first-order valence-corrected chi connectivity index (χ1v) is 22.4. The molecule has 15 nitrogen and oxygen atoms in total. The van der Waals surface area contributed by atoms with E-state index in [2.05, 4.69) is 37.1 Å². The number of amides is 3. The highest BCUT2D eigenvalue weighted by Crippen LogP contribution is 2.44. The number of alkyl halides is 2. The van der Waals surface area contributed by atoms with Crippen molar-refractivity contribution in [1.82, 2.24) is 35.0 Å². The second-order valence-electron chi connectivity index (χ2n) is 18.9. The SMILES string of the molecule is C[C@@H]1Cc2c([nH]c3ccccc23)[C@@H](c2cnc(N3CCC4(CC3)CC(CN3CCN5c6cc7c(cc6OC[C@@H]5C3)C(=O)N(C3CCC(=O)NC3=O)C7)CO4)nc2)N1CC(F)(F)CO. The van der Waals surface area contributed by atoms with E-state index in [0.29, 0.717) is 49.2 Å². The third-order valence-electron chi connectivity index (χ3n) is 14.8. The number of ether oxygens (including phenoxy) is 2. The number of para-hydroxylation sites is 1. The number of nitrogens with one attached hydrogen (secondary N) is 2. The Morgan fingerprint density at radius 3 is 2.62 bits per heavy atom. The fraction of sp³-hybridized carbons (Fsp3) is 0.543. The van der Waals surface area contributed by atoms with Gasteiger partial charge in [0.05, 0.1) is 36.5 Å². The average molecular weight is 866 g/mol. The Balaban J connectivity index is 0.707. The second kappa shape index (κ2) is 15.5. The van der Waals surface area contributed by atoms with Crippen LogP contribution in [0.3, 0.4) is 0 Å². The number of aliphatic hydroxyl groups is 1. The summed E-state index contributed by atoms with van der Waals surface area (Å²) in [5.41, 5.74) is 5.94. The lowest BCUT2D eigenvalue weighted by Gasteiger charge is -2.46. The summed E-state index contributed by atoms with van der Waals surface area (Å²) >= 11 is 0. The van der Waals surface area contributed by atoms with Gasteiger partial charge in [-0.15, -0.1) is 0 Å². The van der Waals surface area contributed by atoms with Crippen LogP contribution in [0.5, 0.6) is 5.75 Å². The fourth-order valence-electron chi connectivity index (χ4n) is 11.6. The second-order valence-corrected chi connectivity index (χ2v) is 18.9. The summed E-state index contributed by atoms with van der Waals surface area (Å²) in [6, 6.07) is 10.7. The molecule has 7 aliphatic heterocycles. The third-order valence-corrected chi connectivity index (χ3v) is 14.8. The van der Waals surface area contributed by atoms with Crippen LogP contribution < -0.4 is 19.9 Å². The number of aromatic nitrogens is 3. The minimum absolute atomic E-state index is 0.175. The minimum atomic E-state index is -3.26. The van der Waals surface area contributed by atoms with Gasteiger partial charge in [0.15, 0.2) is 0 Å². The van der Waals surface area contributed by atoms with Crippen LogP contribution in [0, 0.1) is 5.92 Å². The molecular weight excluding hydrogens is 813 g/mol. The number of rotatable bonds is 8. The van der Waals surface area contributed by atoms with Crippen molar-refractivity contribution in [1.29, 1.82) is 0 Å². The molecule has 4 saturated heterocycles. The third kappa shape index (κ3) is 7.20. The molecule has 0 bridgehead atoms. The smallest absolute Gasteiger partial charge is 0.283 e. The highest BCUT2D eigenvalue weighted by atomic mass is 19.3. The summed E-state index contributed by atoms with van der Waals surface area (Å²) in [7, 11) is 0. The monoisotopic (exact) mass is 865 g/mol. The molecule has 2 aromatic heterocycles. The number of fused-ring (bicyclic) bond motifs is 7. The molecule has 3 amide bonds. The van der Waals surface area contributed by atoms with Gasteiger partial charge < -0.3 is 34.3 Å². The molecule has 1 spiro atoms. The minimum Gasteiger partial charge on any atom is -0.489 e. The standard InChI is InChI=1S/C46H53F2N9O6/c1-27-14-34-32-4-2-3-5-35(32)51-40(34)41(57(27)25-46(47,48)26-58)30-18-49-44(50-19-30)54-10-8-45(9-11-54)17-28(23-63-45)20-53-12-13-55-31(22-53)24-62-38-16-33-29(15-37(38)55)21-56(43(33)61)36-6-7-39(59)52-42(36)60/h2-5,15-16,18-19,27-28,31,36,41,51,58H,6-14,17,20-26H2,1H3,(H,52,59,60)/t27-,28?,31+,36?,41-/m1/s1. The normalized spacial score (nSPS) is 27.3. The molecule has 2 aromatic carbocycles. The molecule has 4 fully saturated rings. The van der Waals surface area contributed by atoms with Crippen LogP contribution in [-0.2, 0) is 27.3 Å². The number of nitrogens with zero attached hydrogens (tertiary/aromatic N) is 7. The first-order chi connectivity index (χ1) is 30.4. The van der Waals surface area contributed by atoms with Crippen molar-refractivity contribution < 1.29 is 37.7 Å². The molecule has 3 N–H and O–H groups in total. The molecule has 332 valence electrons. The highest BCUT2D eigenvalue weighted by Gasteiger charge is 2.46. The van der Waals surface area contributed by atoms with Gasteiger partial charge in [0.1, 0.15) is 25.0 Å². The zero-order chi connectivity index (χ0) is 43.2. The Kier molecular flexibility index (Phi) is 9.97. The number of piperazine rings is 1. The van der Waals surface area contributed by atoms with E-state index in [0.717, 1.165) is 104 Å². The Labute approximate surface area is 363 Å². The van der Waals surface area contributed by atoms with Gasteiger partial charge >= 0.3 is 0 Å².